The molecule has 0 aliphatic rings. The summed E-state index contributed by atoms with van der Waals surface area (Å²) < 4.78 is 0. The number of nitrogens with one attached hydrogen (secondary N) is 2. The van der Waals surface area contributed by atoms with E-state index < -0.39 is 0 Å². The SMILES string of the molecule is Cc1cccc(C)c1NC(=O)CCNCc1ccccc1. The zero-order valence-electron chi connectivity index (χ0n) is 12.6. The third-order valence-corrected chi connectivity index (χ3v) is 3.45. The minimum atomic E-state index is 0.0490. The molecule has 0 fully saturated rings. The molecule has 21 heavy (non-hydrogen) atoms. The largest absolute Gasteiger partial charge is 0.326 e. The summed E-state index contributed by atoms with van der Waals surface area (Å²) in [6.45, 7) is 5.48. The van der Waals surface area contributed by atoms with Gasteiger partial charge in [0.25, 0.3) is 0 Å². The molecule has 3 nitrogen and oxygen atoms in total. The number of carbonyl (C=O) groups excluding carboxylic acids is 1. The average molecular weight is 282 g/mol. The van der Waals surface area contributed by atoms with Crippen LogP contribution >= 0.6 is 0 Å². The Balaban J connectivity index is 1.75. The Morgan fingerprint density at radius 1 is 0.952 bits per heavy atom. The summed E-state index contributed by atoms with van der Waals surface area (Å²) in [5.74, 6) is 0.0490. The topological polar surface area (TPSA) is 41.1 Å². The molecule has 0 unspecified atom stereocenters. The third kappa shape index (κ3) is 4.72. The van der Waals surface area contributed by atoms with Crippen LogP contribution in [-0.4, -0.2) is 12.5 Å². The van der Waals surface area contributed by atoms with Gasteiger partial charge >= 0.3 is 0 Å². The van der Waals surface area contributed by atoms with Gasteiger partial charge in [-0.1, -0.05) is 48.5 Å². The van der Waals surface area contributed by atoms with Crippen molar-refractivity contribution in [3.8, 4) is 0 Å². The molecule has 0 heterocycles. The summed E-state index contributed by atoms with van der Waals surface area (Å²) in [6.07, 6.45) is 0.473. The molecular formula is C18H22N2O. The van der Waals surface area contributed by atoms with Crippen molar-refractivity contribution >= 4 is 11.6 Å². The molecule has 0 aliphatic heterocycles. The lowest BCUT2D eigenvalue weighted by Crippen LogP contribution is -2.22. The van der Waals surface area contributed by atoms with Crippen molar-refractivity contribution in [1.82, 2.24) is 5.32 Å². The number of aryl methyl sites for hydroxylation is 2. The van der Waals surface area contributed by atoms with Gasteiger partial charge < -0.3 is 10.6 Å². The predicted octanol–water partition coefficient (Wildman–Crippen LogP) is 3.42. The standard InChI is InChI=1S/C18H22N2O/c1-14-7-6-8-15(2)18(14)20-17(21)11-12-19-13-16-9-4-3-5-10-16/h3-10,19H,11-13H2,1-2H3,(H,20,21). The Kier molecular flexibility index (Phi) is 5.52. The van der Waals surface area contributed by atoms with Crippen molar-refractivity contribution in [1.29, 1.82) is 0 Å². The first-order valence-corrected chi connectivity index (χ1v) is 7.27. The third-order valence-electron chi connectivity index (χ3n) is 3.45. The zero-order valence-corrected chi connectivity index (χ0v) is 12.6. The van der Waals surface area contributed by atoms with Gasteiger partial charge in [-0.15, -0.1) is 0 Å². The Labute approximate surface area is 126 Å². The summed E-state index contributed by atoms with van der Waals surface area (Å²) in [5.41, 5.74) is 4.36. The van der Waals surface area contributed by atoms with Crippen LogP contribution in [0.2, 0.25) is 0 Å². The van der Waals surface area contributed by atoms with Gasteiger partial charge in [-0.3, -0.25) is 4.79 Å². The van der Waals surface area contributed by atoms with E-state index in [1.165, 1.54) is 5.56 Å². The normalized spacial score (nSPS) is 10.4. The highest BCUT2D eigenvalue weighted by Crippen LogP contribution is 2.19. The van der Waals surface area contributed by atoms with E-state index in [1.54, 1.807) is 0 Å². The molecule has 2 N–H and O–H groups in total. The lowest BCUT2D eigenvalue weighted by atomic mass is 10.1. The summed E-state index contributed by atoms with van der Waals surface area (Å²) in [4.78, 5) is 12.0. The highest BCUT2D eigenvalue weighted by atomic mass is 16.1. The van der Waals surface area contributed by atoms with Crippen LogP contribution in [0.15, 0.2) is 48.5 Å². The predicted molar refractivity (Wildman–Crippen MR) is 87.3 cm³/mol. The highest BCUT2D eigenvalue weighted by Gasteiger charge is 2.06. The van der Waals surface area contributed by atoms with Gasteiger partial charge in [-0.2, -0.15) is 0 Å². The maximum Gasteiger partial charge on any atom is 0.225 e. The number of rotatable bonds is 6. The molecule has 110 valence electrons. The first-order valence-electron chi connectivity index (χ1n) is 7.27. The van der Waals surface area contributed by atoms with Crippen molar-refractivity contribution in [2.45, 2.75) is 26.8 Å². The van der Waals surface area contributed by atoms with Crippen molar-refractivity contribution in [3.63, 3.8) is 0 Å². The quantitative estimate of drug-likeness (QED) is 0.797. The van der Waals surface area contributed by atoms with E-state index in [0.717, 1.165) is 23.4 Å². The molecule has 0 aromatic heterocycles. The van der Waals surface area contributed by atoms with Crippen LogP contribution in [0.4, 0.5) is 5.69 Å². The number of hydrogen-bond donors (Lipinski definition) is 2. The van der Waals surface area contributed by atoms with Crippen LogP contribution in [0, 0.1) is 13.8 Å². The van der Waals surface area contributed by atoms with Crippen molar-refractivity contribution < 1.29 is 4.79 Å². The van der Waals surface area contributed by atoms with Crippen LogP contribution in [-0.2, 0) is 11.3 Å². The van der Waals surface area contributed by atoms with Gasteiger partial charge in [0.15, 0.2) is 0 Å². The second-order valence-corrected chi connectivity index (χ2v) is 5.23. The average Bonchev–Trinajstić information content (AvgIpc) is 2.49. The van der Waals surface area contributed by atoms with Crippen LogP contribution in [0.3, 0.4) is 0 Å². The molecule has 0 spiro atoms. The number of amides is 1. The molecule has 0 saturated carbocycles. The first kappa shape index (κ1) is 15.3. The molecule has 0 radical (unpaired) electrons. The van der Waals surface area contributed by atoms with Gasteiger partial charge in [-0.05, 0) is 30.5 Å². The minimum absolute atomic E-state index is 0.0490. The lowest BCUT2D eigenvalue weighted by molar-refractivity contribution is -0.116. The smallest absolute Gasteiger partial charge is 0.225 e. The summed E-state index contributed by atoms with van der Waals surface area (Å²) in [7, 11) is 0. The molecule has 0 saturated heterocycles. The summed E-state index contributed by atoms with van der Waals surface area (Å²) in [5, 5.41) is 6.28. The molecule has 3 heteroatoms. The number of para-hydroxylation sites is 1. The lowest BCUT2D eigenvalue weighted by Gasteiger charge is -2.11. The van der Waals surface area contributed by atoms with Gasteiger partial charge in [-0.25, -0.2) is 0 Å². The molecular weight excluding hydrogens is 260 g/mol. The summed E-state index contributed by atoms with van der Waals surface area (Å²) in [6, 6.07) is 16.2. The fraction of sp³-hybridized carbons (Fsp3) is 0.278. The second-order valence-electron chi connectivity index (χ2n) is 5.23. The number of hydrogen-bond acceptors (Lipinski definition) is 2. The molecule has 0 aliphatic carbocycles. The second kappa shape index (κ2) is 7.60. The van der Waals surface area contributed by atoms with E-state index in [9.17, 15) is 4.79 Å². The fourth-order valence-corrected chi connectivity index (χ4v) is 2.24. The van der Waals surface area contributed by atoms with Crippen LogP contribution < -0.4 is 10.6 Å². The first-order chi connectivity index (χ1) is 10.2. The Morgan fingerprint density at radius 2 is 1.62 bits per heavy atom. The minimum Gasteiger partial charge on any atom is -0.326 e. The Morgan fingerprint density at radius 3 is 2.29 bits per heavy atom. The van der Waals surface area contributed by atoms with E-state index in [2.05, 4.69) is 22.8 Å². The molecule has 2 aromatic carbocycles. The number of carbonyl (C=O) groups is 1. The van der Waals surface area contributed by atoms with Crippen LogP contribution in [0.25, 0.3) is 0 Å². The van der Waals surface area contributed by atoms with Gasteiger partial charge in [0, 0.05) is 25.2 Å². The van der Waals surface area contributed by atoms with E-state index in [-0.39, 0.29) is 5.91 Å². The van der Waals surface area contributed by atoms with Gasteiger partial charge in [0.2, 0.25) is 5.91 Å². The van der Waals surface area contributed by atoms with Crippen LogP contribution in [0.5, 0.6) is 0 Å². The number of benzene rings is 2. The molecule has 2 aromatic rings. The monoisotopic (exact) mass is 282 g/mol. The Bertz CT molecular complexity index is 573. The van der Waals surface area contributed by atoms with Crippen molar-refractivity contribution in [3.05, 3.63) is 65.2 Å². The highest BCUT2D eigenvalue weighted by molar-refractivity contribution is 5.92. The van der Waals surface area contributed by atoms with Crippen molar-refractivity contribution in [2.24, 2.45) is 0 Å². The maximum atomic E-state index is 12.0. The van der Waals surface area contributed by atoms with Crippen LogP contribution in [0.1, 0.15) is 23.1 Å². The molecule has 1 amide bonds. The van der Waals surface area contributed by atoms with E-state index in [0.29, 0.717) is 13.0 Å². The van der Waals surface area contributed by atoms with E-state index in [1.807, 2.05) is 50.2 Å². The summed E-state index contributed by atoms with van der Waals surface area (Å²) >= 11 is 0. The van der Waals surface area contributed by atoms with Gasteiger partial charge in [0.05, 0.1) is 0 Å². The molecule has 0 atom stereocenters. The maximum absolute atomic E-state index is 12.0. The molecule has 0 bridgehead atoms. The fourth-order valence-electron chi connectivity index (χ4n) is 2.24. The van der Waals surface area contributed by atoms with Gasteiger partial charge in [0.1, 0.15) is 0 Å². The Hall–Kier alpha value is -2.13. The van der Waals surface area contributed by atoms with Crippen molar-refractivity contribution in [2.75, 3.05) is 11.9 Å². The van der Waals surface area contributed by atoms with E-state index in [4.69, 9.17) is 0 Å². The molecule has 2 rings (SSSR count). The van der Waals surface area contributed by atoms with E-state index >= 15 is 0 Å². The number of anilines is 1. The zero-order chi connectivity index (χ0) is 15.1.